The number of nitrogens with zero attached hydrogens (tertiary/aromatic N) is 2. The quantitative estimate of drug-likeness (QED) is 0.639. The minimum atomic E-state index is -0.546. The molecule has 0 spiro atoms. The van der Waals surface area contributed by atoms with Crippen LogP contribution in [0.25, 0.3) is 11.3 Å². The summed E-state index contributed by atoms with van der Waals surface area (Å²) in [6.45, 7) is 11.6. The zero-order valence-corrected chi connectivity index (χ0v) is 18.3. The molecular weight excluding hydrogens is 376 g/mol. The number of thiazole rings is 1. The molecule has 1 heterocycles. The third kappa shape index (κ3) is 5.32. The van der Waals surface area contributed by atoms with Gasteiger partial charge in [0.15, 0.2) is 0 Å². The first-order valence-electron chi connectivity index (χ1n) is 9.24. The highest BCUT2D eigenvalue weighted by atomic mass is 32.1. The molecule has 1 aromatic carbocycles. The van der Waals surface area contributed by atoms with Crippen LogP contribution in [-0.2, 0) is 9.47 Å². The van der Waals surface area contributed by atoms with Crippen molar-refractivity contribution in [1.29, 1.82) is 0 Å². The van der Waals surface area contributed by atoms with Crippen LogP contribution in [0.15, 0.2) is 24.3 Å². The summed E-state index contributed by atoms with van der Waals surface area (Å²) in [5, 5.41) is 0.829. The number of hydrogen-bond acceptors (Lipinski definition) is 6. The van der Waals surface area contributed by atoms with E-state index >= 15 is 0 Å². The van der Waals surface area contributed by atoms with Gasteiger partial charge in [-0.25, -0.2) is 14.6 Å². The van der Waals surface area contributed by atoms with Gasteiger partial charge in [0, 0.05) is 17.5 Å². The van der Waals surface area contributed by atoms with Gasteiger partial charge in [-0.2, -0.15) is 0 Å². The summed E-state index contributed by atoms with van der Waals surface area (Å²) in [5.74, 6) is -0.336. The van der Waals surface area contributed by atoms with Gasteiger partial charge in [0.2, 0.25) is 0 Å². The van der Waals surface area contributed by atoms with Crippen LogP contribution in [0.1, 0.15) is 60.9 Å². The zero-order chi connectivity index (χ0) is 21.1. The van der Waals surface area contributed by atoms with Gasteiger partial charge in [0.1, 0.15) is 10.6 Å². The molecule has 0 bridgehead atoms. The maximum atomic E-state index is 12.3. The van der Waals surface area contributed by atoms with Crippen molar-refractivity contribution in [3.63, 3.8) is 0 Å². The Balaban J connectivity index is 2.20. The van der Waals surface area contributed by atoms with Gasteiger partial charge >= 0.3 is 12.1 Å². The second kappa shape index (κ2) is 8.73. The molecule has 28 heavy (non-hydrogen) atoms. The van der Waals surface area contributed by atoms with Crippen LogP contribution in [0, 0.1) is 6.92 Å². The van der Waals surface area contributed by atoms with Gasteiger partial charge in [-0.05, 0) is 53.7 Å². The van der Waals surface area contributed by atoms with Crippen LogP contribution >= 0.6 is 11.3 Å². The molecule has 2 aromatic rings. The molecule has 1 amide bonds. The molecule has 7 heteroatoms. The normalized spacial score (nSPS) is 12.4. The number of carbonyl (C=O) groups is 2. The van der Waals surface area contributed by atoms with Crippen molar-refractivity contribution in [2.75, 3.05) is 13.7 Å². The van der Waals surface area contributed by atoms with Crippen molar-refractivity contribution in [3.8, 4) is 11.3 Å². The van der Waals surface area contributed by atoms with E-state index in [1.165, 1.54) is 0 Å². The van der Waals surface area contributed by atoms with E-state index in [1.54, 1.807) is 42.3 Å². The topological polar surface area (TPSA) is 68.7 Å². The van der Waals surface area contributed by atoms with Gasteiger partial charge in [-0.1, -0.05) is 12.1 Å². The van der Waals surface area contributed by atoms with Gasteiger partial charge in [-0.3, -0.25) is 0 Å². The fraction of sp³-hybridized carbons (Fsp3) is 0.476. The van der Waals surface area contributed by atoms with Crippen LogP contribution in [0.5, 0.6) is 0 Å². The molecule has 0 aliphatic carbocycles. The first-order chi connectivity index (χ1) is 13.0. The summed E-state index contributed by atoms with van der Waals surface area (Å²) < 4.78 is 10.5. The average Bonchev–Trinajstić information content (AvgIpc) is 3.01. The Morgan fingerprint density at radius 2 is 1.82 bits per heavy atom. The summed E-state index contributed by atoms with van der Waals surface area (Å²) in [7, 11) is 1.71. The number of aryl methyl sites for hydroxylation is 1. The molecule has 2 rings (SSSR count). The molecule has 1 unspecified atom stereocenters. The van der Waals surface area contributed by atoms with Gasteiger partial charge in [0.05, 0.1) is 23.9 Å². The number of ether oxygens (including phenoxy) is 2. The Morgan fingerprint density at radius 3 is 2.36 bits per heavy atom. The summed E-state index contributed by atoms with van der Waals surface area (Å²) in [5.41, 5.74) is 1.73. The highest BCUT2D eigenvalue weighted by molar-refractivity contribution is 7.12. The van der Waals surface area contributed by atoms with Crippen molar-refractivity contribution in [3.05, 3.63) is 39.7 Å². The molecule has 0 saturated heterocycles. The zero-order valence-electron chi connectivity index (χ0n) is 17.5. The van der Waals surface area contributed by atoms with Gasteiger partial charge in [-0.15, -0.1) is 11.3 Å². The second-order valence-corrected chi connectivity index (χ2v) is 8.76. The Kier molecular flexibility index (Phi) is 6.82. The van der Waals surface area contributed by atoms with Crippen molar-refractivity contribution in [2.45, 2.75) is 53.2 Å². The van der Waals surface area contributed by atoms with E-state index < -0.39 is 5.60 Å². The van der Waals surface area contributed by atoms with Gasteiger partial charge < -0.3 is 14.4 Å². The average molecular weight is 405 g/mol. The molecule has 152 valence electrons. The van der Waals surface area contributed by atoms with Crippen LogP contribution in [0.2, 0.25) is 0 Å². The molecule has 0 radical (unpaired) electrons. The lowest BCUT2D eigenvalue weighted by Crippen LogP contribution is -2.35. The number of benzene rings is 1. The predicted octanol–water partition coefficient (Wildman–Crippen LogP) is 5.22. The van der Waals surface area contributed by atoms with Crippen LogP contribution < -0.4 is 0 Å². The number of aromatic nitrogens is 1. The lowest BCUT2D eigenvalue weighted by atomic mass is 10.1. The molecule has 0 fully saturated rings. The molecule has 0 saturated carbocycles. The molecule has 1 aromatic heterocycles. The van der Waals surface area contributed by atoms with E-state index in [1.807, 2.05) is 46.8 Å². The molecule has 6 nitrogen and oxygen atoms in total. The third-order valence-corrected chi connectivity index (χ3v) is 5.24. The SMILES string of the molecule is CCOC(=O)c1ccc(-c2nc(C(C)N(C)C(=O)OC(C)(C)C)sc2C)cc1. The second-order valence-electron chi connectivity index (χ2n) is 7.52. The van der Waals surface area contributed by atoms with E-state index in [4.69, 9.17) is 14.5 Å². The summed E-state index contributed by atoms with van der Waals surface area (Å²) in [6.07, 6.45) is -0.381. The van der Waals surface area contributed by atoms with Crippen molar-refractivity contribution < 1.29 is 19.1 Å². The fourth-order valence-electron chi connectivity index (χ4n) is 2.50. The van der Waals surface area contributed by atoms with E-state index in [0.717, 1.165) is 21.1 Å². The third-order valence-electron chi connectivity index (χ3n) is 4.10. The standard InChI is InChI=1S/C21H28N2O4S/c1-8-26-19(24)16-11-9-15(10-12-16)17-14(3)28-18(22-17)13(2)23(7)20(25)27-21(4,5)6/h9-13H,8H2,1-7H3. The first-order valence-corrected chi connectivity index (χ1v) is 10.1. The Hall–Kier alpha value is -2.41. The van der Waals surface area contributed by atoms with Crippen LogP contribution in [0.4, 0.5) is 4.79 Å². The number of amides is 1. The summed E-state index contributed by atoms with van der Waals surface area (Å²) in [4.78, 5) is 31.5. The largest absolute Gasteiger partial charge is 0.462 e. The molecule has 0 aliphatic rings. The fourth-order valence-corrected chi connectivity index (χ4v) is 3.54. The molecule has 0 aliphatic heterocycles. The predicted molar refractivity (Wildman–Crippen MR) is 111 cm³/mol. The lowest BCUT2D eigenvalue weighted by molar-refractivity contribution is 0.0233. The summed E-state index contributed by atoms with van der Waals surface area (Å²) in [6, 6.07) is 6.98. The van der Waals surface area contributed by atoms with Crippen LogP contribution in [-0.4, -0.2) is 41.2 Å². The maximum absolute atomic E-state index is 12.3. The number of carbonyl (C=O) groups excluding carboxylic acids is 2. The van der Waals surface area contributed by atoms with E-state index in [0.29, 0.717) is 12.2 Å². The van der Waals surface area contributed by atoms with E-state index in [9.17, 15) is 9.59 Å². The van der Waals surface area contributed by atoms with Crippen molar-refractivity contribution in [2.24, 2.45) is 0 Å². The highest BCUT2D eigenvalue weighted by Gasteiger charge is 2.26. The Bertz CT molecular complexity index is 837. The van der Waals surface area contributed by atoms with Crippen molar-refractivity contribution in [1.82, 2.24) is 9.88 Å². The monoisotopic (exact) mass is 404 g/mol. The number of esters is 1. The molecule has 0 N–H and O–H groups in total. The van der Waals surface area contributed by atoms with Gasteiger partial charge in [0.25, 0.3) is 0 Å². The molecular formula is C21H28N2O4S. The lowest BCUT2D eigenvalue weighted by Gasteiger charge is -2.27. The highest BCUT2D eigenvalue weighted by Crippen LogP contribution is 2.33. The maximum Gasteiger partial charge on any atom is 0.410 e. The minimum absolute atomic E-state index is 0.217. The van der Waals surface area contributed by atoms with E-state index in [-0.39, 0.29) is 18.1 Å². The van der Waals surface area contributed by atoms with E-state index in [2.05, 4.69) is 0 Å². The Morgan fingerprint density at radius 1 is 1.21 bits per heavy atom. The summed E-state index contributed by atoms with van der Waals surface area (Å²) >= 11 is 1.55. The number of rotatable bonds is 5. The number of hydrogen-bond donors (Lipinski definition) is 0. The smallest absolute Gasteiger partial charge is 0.410 e. The minimum Gasteiger partial charge on any atom is -0.462 e. The van der Waals surface area contributed by atoms with Crippen molar-refractivity contribution >= 4 is 23.4 Å². The Labute approximate surface area is 170 Å². The first kappa shape index (κ1) is 21.9. The van der Waals surface area contributed by atoms with Crippen LogP contribution in [0.3, 0.4) is 0 Å². The molecule has 1 atom stereocenters.